The van der Waals surface area contributed by atoms with Crippen molar-refractivity contribution in [3.8, 4) is 0 Å². The molecule has 0 aliphatic carbocycles. The SMILES string of the molecule is CC1(CNC2CCN(Cc3ccccc3)C2)CCOCC1. The molecule has 2 aliphatic rings. The Balaban J connectivity index is 1.42. The Morgan fingerprint density at radius 3 is 2.76 bits per heavy atom. The number of nitrogens with one attached hydrogen (secondary N) is 1. The van der Waals surface area contributed by atoms with Crippen LogP contribution in [0.3, 0.4) is 0 Å². The molecule has 3 heteroatoms. The molecular formula is C18H28N2O. The number of benzene rings is 1. The molecule has 21 heavy (non-hydrogen) atoms. The van der Waals surface area contributed by atoms with Gasteiger partial charge < -0.3 is 10.1 Å². The van der Waals surface area contributed by atoms with E-state index < -0.39 is 0 Å². The molecule has 1 N–H and O–H groups in total. The molecule has 2 aliphatic heterocycles. The molecule has 0 radical (unpaired) electrons. The summed E-state index contributed by atoms with van der Waals surface area (Å²) in [4.78, 5) is 2.57. The molecule has 1 aromatic carbocycles. The van der Waals surface area contributed by atoms with Crippen molar-refractivity contribution in [1.29, 1.82) is 0 Å². The Labute approximate surface area is 128 Å². The van der Waals surface area contributed by atoms with Crippen molar-refractivity contribution in [3.63, 3.8) is 0 Å². The van der Waals surface area contributed by atoms with Gasteiger partial charge >= 0.3 is 0 Å². The van der Waals surface area contributed by atoms with E-state index in [1.165, 1.54) is 37.9 Å². The normalized spacial score (nSPS) is 26.0. The summed E-state index contributed by atoms with van der Waals surface area (Å²) < 4.78 is 5.48. The van der Waals surface area contributed by atoms with Crippen LogP contribution in [-0.4, -0.2) is 43.8 Å². The van der Waals surface area contributed by atoms with E-state index in [9.17, 15) is 0 Å². The van der Waals surface area contributed by atoms with E-state index in [4.69, 9.17) is 4.74 Å². The van der Waals surface area contributed by atoms with Crippen LogP contribution in [0.5, 0.6) is 0 Å². The summed E-state index contributed by atoms with van der Waals surface area (Å²) in [6.07, 6.45) is 3.67. The van der Waals surface area contributed by atoms with Crippen molar-refractivity contribution in [2.24, 2.45) is 5.41 Å². The molecule has 2 heterocycles. The third kappa shape index (κ3) is 4.29. The van der Waals surface area contributed by atoms with Crippen LogP contribution in [0.1, 0.15) is 31.7 Å². The molecule has 0 bridgehead atoms. The monoisotopic (exact) mass is 288 g/mol. The Morgan fingerprint density at radius 1 is 1.24 bits per heavy atom. The van der Waals surface area contributed by atoms with Gasteiger partial charge in [0.1, 0.15) is 0 Å². The average molecular weight is 288 g/mol. The van der Waals surface area contributed by atoms with Gasteiger partial charge in [-0.3, -0.25) is 4.90 Å². The number of nitrogens with zero attached hydrogens (tertiary/aromatic N) is 1. The van der Waals surface area contributed by atoms with Crippen LogP contribution < -0.4 is 5.32 Å². The highest BCUT2D eigenvalue weighted by atomic mass is 16.5. The molecule has 116 valence electrons. The molecule has 1 atom stereocenters. The molecule has 0 amide bonds. The largest absolute Gasteiger partial charge is 0.381 e. The van der Waals surface area contributed by atoms with Crippen molar-refractivity contribution in [1.82, 2.24) is 10.2 Å². The molecule has 0 saturated carbocycles. The minimum atomic E-state index is 0.436. The summed E-state index contributed by atoms with van der Waals surface area (Å²) in [6, 6.07) is 11.5. The lowest BCUT2D eigenvalue weighted by atomic mass is 9.82. The second-order valence-electron chi connectivity index (χ2n) is 7.01. The summed E-state index contributed by atoms with van der Waals surface area (Å²) in [5.41, 5.74) is 1.86. The van der Waals surface area contributed by atoms with E-state index in [0.717, 1.165) is 26.3 Å². The van der Waals surface area contributed by atoms with Gasteiger partial charge in [-0.1, -0.05) is 37.3 Å². The summed E-state index contributed by atoms with van der Waals surface area (Å²) in [5, 5.41) is 3.81. The zero-order valence-corrected chi connectivity index (χ0v) is 13.2. The van der Waals surface area contributed by atoms with Crippen molar-refractivity contribution in [2.75, 3.05) is 32.8 Å². The van der Waals surface area contributed by atoms with E-state index in [-0.39, 0.29) is 0 Å². The van der Waals surface area contributed by atoms with Gasteiger partial charge in [-0.05, 0) is 30.2 Å². The van der Waals surface area contributed by atoms with Gasteiger partial charge in [-0.15, -0.1) is 0 Å². The second kappa shape index (κ2) is 6.91. The number of likely N-dealkylation sites (tertiary alicyclic amines) is 1. The standard InChI is InChI=1S/C18H28N2O/c1-18(8-11-21-12-9-18)15-19-17-7-10-20(14-17)13-16-5-3-2-4-6-16/h2-6,17,19H,7-15H2,1H3. The highest BCUT2D eigenvalue weighted by molar-refractivity contribution is 5.14. The predicted molar refractivity (Wildman–Crippen MR) is 86.3 cm³/mol. The first-order valence-electron chi connectivity index (χ1n) is 8.31. The summed E-state index contributed by atoms with van der Waals surface area (Å²) in [5.74, 6) is 0. The van der Waals surface area contributed by atoms with Gasteiger partial charge in [0.25, 0.3) is 0 Å². The van der Waals surface area contributed by atoms with Crippen molar-refractivity contribution < 1.29 is 4.74 Å². The molecule has 1 unspecified atom stereocenters. The third-order valence-electron chi connectivity index (χ3n) is 5.04. The Kier molecular flexibility index (Phi) is 4.94. The number of ether oxygens (including phenoxy) is 1. The maximum absolute atomic E-state index is 5.48. The van der Waals surface area contributed by atoms with Gasteiger partial charge in [0.2, 0.25) is 0 Å². The molecule has 2 fully saturated rings. The van der Waals surface area contributed by atoms with Crippen LogP contribution in [0.15, 0.2) is 30.3 Å². The quantitative estimate of drug-likeness (QED) is 0.901. The molecule has 1 aromatic rings. The van der Waals surface area contributed by atoms with Crippen molar-refractivity contribution >= 4 is 0 Å². The summed E-state index contributed by atoms with van der Waals surface area (Å²) >= 11 is 0. The van der Waals surface area contributed by atoms with Crippen LogP contribution in [0.2, 0.25) is 0 Å². The van der Waals surface area contributed by atoms with Gasteiger partial charge in [-0.2, -0.15) is 0 Å². The van der Waals surface area contributed by atoms with Crippen LogP contribution >= 0.6 is 0 Å². The van der Waals surface area contributed by atoms with Gasteiger partial charge in [0.15, 0.2) is 0 Å². The zero-order valence-electron chi connectivity index (χ0n) is 13.2. The molecule has 0 aromatic heterocycles. The molecular weight excluding hydrogens is 260 g/mol. The molecule has 2 saturated heterocycles. The predicted octanol–water partition coefficient (Wildman–Crippen LogP) is 2.67. The van der Waals surface area contributed by atoms with Gasteiger partial charge in [0.05, 0.1) is 0 Å². The Morgan fingerprint density at radius 2 is 2.00 bits per heavy atom. The maximum Gasteiger partial charge on any atom is 0.0471 e. The fourth-order valence-electron chi connectivity index (χ4n) is 3.42. The first-order valence-corrected chi connectivity index (χ1v) is 8.31. The number of rotatable bonds is 5. The summed E-state index contributed by atoms with van der Waals surface area (Å²) in [7, 11) is 0. The fraction of sp³-hybridized carbons (Fsp3) is 0.667. The van der Waals surface area contributed by atoms with Crippen LogP contribution in [0, 0.1) is 5.41 Å². The molecule has 0 spiro atoms. The van der Waals surface area contributed by atoms with Crippen LogP contribution in [0.25, 0.3) is 0 Å². The average Bonchev–Trinajstić information content (AvgIpc) is 2.95. The van der Waals surface area contributed by atoms with E-state index in [1.54, 1.807) is 0 Å². The Hall–Kier alpha value is -0.900. The van der Waals surface area contributed by atoms with Crippen LogP contribution in [0.4, 0.5) is 0 Å². The molecule has 3 nitrogen and oxygen atoms in total. The third-order valence-corrected chi connectivity index (χ3v) is 5.04. The van der Waals surface area contributed by atoms with Crippen molar-refractivity contribution in [2.45, 2.75) is 38.8 Å². The first kappa shape index (κ1) is 15.0. The summed E-state index contributed by atoms with van der Waals surface area (Å²) in [6.45, 7) is 8.89. The van der Waals surface area contributed by atoms with E-state index in [1.807, 2.05) is 0 Å². The van der Waals surface area contributed by atoms with E-state index >= 15 is 0 Å². The highest BCUT2D eigenvalue weighted by Crippen LogP contribution is 2.29. The number of hydrogen-bond donors (Lipinski definition) is 1. The minimum absolute atomic E-state index is 0.436. The van der Waals surface area contributed by atoms with Gasteiger partial charge in [-0.25, -0.2) is 0 Å². The van der Waals surface area contributed by atoms with E-state index in [0.29, 0.717) is 11.5 Å². The second-order valence-corrected chi connectivity index (χ2v) is 7.01. The van der Waals surface area contributed by atoms with Gasteiger partial charge in [0, 0.05) is 45.4 Å². The van der Waals surface area contributed by atoms with Crippen LogP contribution in [-0.2, 0) is 11.3 Å². The lowest BCUT2D eigenvalue weighted by Crippen LogP contribution is -2.42. The lowest BCUT2D eigenvalue weighted by Gasteiger charge is -2.34. The molecule has 3 rings (SSSR count). The highest BCUT2D eigenvalue weighted by Gasteiger charge is 2.29. The minimum Gasteiger partial charge on any atom is -0.381 e. The fourth-order valence-corrected chi connectivity index (χ4v) is 3.42. The Bertz CT molecular complexity index is 428. The zero-order chi connectivity index (χ0) is 14.5. The maximum atomic E-state index is 5.48. The number of hydrogen-bond acceptors (Lipinski definition) is 3. The van der Waals surface area contributed by atoms with E-state index in [2.05, 4.69) is 47.5 Å². The lowest BCUT2D eigenvalue weighted by molar-refractivity contribution is 0.0230. The van der Waals surface area contributed by atoms with Crippen molar-refractivity contribution in [3.05, 3.63) is 35.9 Å². The smallest absolute Gasteiger partial charge is 0.0471 e. The topological polar surface area (TPSA) is 24.5 Å². The first-order chi connectivity index (χ1) is 10.2.